The van der Waals surface area contributed by atoms with Gasteiger partial charge < -0.3 is 9.80 Å². The van der Waals surface area contributed by atoms with Gasteiger partial charge in [0, 0.05) is 31.2 Å². The number of hydrogen-bond donors (Lipinski definition) is 1. The molecule has 0 saturated carbocycles. The lowest BCUT2D eigenvalue weighted by molar-refractivity contribution is 0.0694. The van der Waals surface area contributed by atoms with Gasteiger partial charge in [0.05, 0.1) is 11.9 Å². The highest BCUT2D eigenvalue weighted by atomic mass is 32.2. The quantitative estimate of drug-likeness (QED) is 0.666. The summed E-state index contributed by atoms with van der Waals surface area (Å²) in [6.45, 7) is 5.96. The number of carbonyl (C=O) groups is 1. The summed E-state index contributed by atoms with van der Waals surface area (Å²) < 4.78 is 39.0. The largest absolute Gasteiger partial charge is 0.336 e. The molecule has 1 atom stereocenters. The summed E-state index contributed by atoms with van der Waals surface area (Å²) in [5.41, 5.74) is 0.0595. The van der Waals surface area contributed by atoms with Crippen molar-refractivity contribution in [1.29, 1.82) is 0 Å². The summed E-state index contributed by atoms with van der Waals surface area (Å²) in [6, 6.07) is 4.11. The van der Waals surface area contributed by atoms with Crippen molar-refractivity contribution in [3.8, 4) is 0 Å². The Morgan fingerprint density at radius 1 is 1.32 bits per heavy atom. The molecule has 0 aliphatic carbocycles. The average Bonchev–Trinajstić information content (AvgIpc) is 3.05. The summed E-state index contributed by atoms with van der Waals surface area (Å²) in [5.74, 6) is -0.934. The molecule has 1 aliphatic heterocycles. The lowest BCUT2D eigenvalue weighted by Gasteiger charge is -2.31. The van der Waals surface area contributed by atoms with Gasteiger partial charge in [-0.25, -0.2) is 12.8 Å². The van der Waals surface area contributed by atoms with Gasteiger partial charge in [-0.15, -0.1) is 0 Å². The highest BCUT2D eigenvalue weighted by Crippen LogP contribution is 2.21. The zero-order valence-corrected chi connectivity index (χ0v) is 17.9. The van der Waals surface area contributed by atoms with E-state index < -0.39 is 15.8 Å². The predicted molar refractivity (Wildman–Crippen MR) is 110 cm³/mol. The normalized spacial score (nSPS) is 17.9. The standard InChI is InChI=1S/C19H31FN4O3S/c1-5-23-10-6-7-16(23)14-24(12-11-22(2)3)19(25)15-8-9-17(20)18(13-15)21-28(4,26)27/h8-9,13,16,21H,5-7,10-12,14H2,1-4H3. The van der Waals surface area contributed by atoms with E-state index in [-0.39, 0.29) is 17.2 Å². The lowest BCUT2D eigenvalue weighted by atomic mass is 10.1. The fourth-order valence-electron chi connectivity index (χ4n) is 3.49. The first kappa shape index (κ1) is 22.6. The van der Waals surface area contributed by atoms with Gasteiger partial charge in [-0.2, -0.15) is 0 Å². The highest BCUT2D eigenvalue weighted by Gasteiger charge is 2.28. The summed E-state index contributed by atoms with van der Waals surface area (Å²) in [6.07, 6.45) is 3.11. The first-order chi connectivity index (χ1) is 13.1. The van der Waals surface area contributed by atoms with Crippen molar-refractivity contribution in [2.24, 2.45) is 0 Å². The van der Waals surface area contributed by atoms with Gasteiger partial charge in [0.15, 0.2) is 0 Å². The second-order valence-electron chi connectivity index (χ2n) is 7.55. The van der Waals surface area contributed by atoms with Crippen LogP contribution in [0.3, 0.4) is 0 Å². The van der Waals surface area contributed by atoms with E-state index in [1.165, 1.54) is 12.1 Å². The minimum atomic E-state index is -3.64. The van der Waals surface area contributed by atoms with Crippen molar-refractivity contribution in [3.05, 3.63) is 29.6 Å². The lowest BCUT2D eigenvalue weighted by Crippen LogP contribution is -2.45. The van der Waals surface area contributed by atoms with Crippen LogP contribution >= 0.6 is 0 Å². The van der Waals surface area contributed by atoms with Crippen LogP contribution in [0.1, 0.15) is 30.1 Å². The van der Waals surface area contributed by atoms with Crippen LogP contribution in [0.15, 0.2) is 18.2 Å². The van der Waals surface area contributed by atoms with Crippen LogP contribution in [0.4, 0.5) is 10.1 Å². The molecule has 0 aromatic heterocycles. The van der Waals surface area contributed by atoms with Crippen LogP contribution in [0.25, 0.3) is 0 Å². The van der Waals surface area contributed by atoms with Gasteiger partial charge in [0.2, 0.25) is 10.0 Å². The number of carbonyl (C=O) groups excluding carboxylic acids is 1. The number of benzene rings is 1. The second kappa shape index (κ2) is 9.67. The van der Waals surface area contributed by atoms with Gasteiger partial charge in [-0.1, -0.05) is 6.92 Å². The number of likely N-dealkylation sites (tertiary alicyclic amines) is 1. The second-order valence-corrected chi connectivity index (χ2v) is 9.30. The van der Waals surface area contributed by atoms with Crippen LogP contribution in [0.2, 0.25) is 0 Å². The molecule has 7 nitrogen and oxygen atoms in total. The van der Waals surface area contributed by atoms with Gasteiger partial charge >= 0.3 is 0 Å². The Balaban J connectivity index is 2.24. The van der Waals surface area contributed by atoms with Crippen molar-refractivity contribution in [2.75, 3.05) is 57.8 Å². The Hall–Kier alpha value is -1.71. The molecule has 0 spiro atoms. The van der Waals surface area contributed by atoms with E-state index in [0.29, 0.717) is 25.7 Å². The van der Waals surface area contributed by atoms with E-state index in [2.05, 4.69) is 16.5 Å². The number of rotatable bonds is 9. The van der Waals surface area contributed by atoms with Crippen molar-refractivity contribution in [2.45, 2.75) is 25.8 Å². The minimum Gasteiger partial charge on any atom is -0.336 e. The predicted octanol–water partition coefficient (Wildman–Crippen LogP) is 1.69. The number of nitrogens with one attached hydrogen (secondary N) is 1. The van der Waals surface area contributed by atoms with Gasteiger partial charge in [-0.05, 0) is 58.2 Å². The smallest absolute Gasteiger partial charge is 0.254 e. The third-order valence-electron chi connectivity index (χ3n) is 4.95. The Labute approximate surface area is 167 Å². The maximum Gasteiger partial charge on any atom is 0.254 e. The van der Waals surface area contributed by atoms with Crippen LogP contribution in [0.5, 0.6) is 0 Å². The molecular formula is C19H31FN4O3S. The molecule has 0 radical (unpaired) electrons. The zero-order valence-electron chi connectivity index (χ0n) is 17.1. The maximum absolute atomic E-state index is 14.0. The Kier molecular flexibility index (Phi) is 7.79. The van der Waals surface area contributed by atoms with Crippen LogP contribution in [0, 0.1) is 5.82 Å². The molecule has 158 valence electrons. The molecular weight excluding hydrogens is 383 g/mol. The summed E-state index contributed by atoms with van der Waals surface area (Å²) in [7, 11) is 0.253. The van der Waals surface area contributed by atoms with Gasteiger partial charge in [-0.3, -0.25) is 14.4 Å². The molecule has 2 rings (SSSR count). The number of amides is 1. The van der Waals surface area contributed by atoms with Gasteiger partial charge in [0.25, 0.3) is 5.91 Å². The highest BCUT2D eigenvalue weighted by molar-refractivity contribution is 7.92. The van der Waals surface area contributed by atoms with Crippen LogP contribution in [-0.2, 0) is 10.0 Å². The van der Waals surface area contributed by atoms with Crippen molar-refractivity contribution >= 4 is 21.6 Å². The maximum atomic E-state index is 14.0. The number of anilines is 1. The SMILES string of the molecule is CCN1CCCC1CN(CCN(C)C)C(=O)c1ccc(F)c(NS(C)(=O)=O)c1. The van der Waals surface area contributed by atoms with E-state index in [1.807, 2.05) is 19.0 Å². The molecule has 1 aromatic rings. The van der Waals surface area contributed by atoms with E-state index >= 15 is 0 Å². The Morgan fingerprint density at radius 2 is 2.04 bits per heavy atom. The first-order valence-corrected chi connectivity index (χ1v) is 11.4. The van der Waals surface area contributed by atoms with E-state index in [1.54, 1.807) is 4.90 Å². The zero-order chi connectivity index (χ0) is 20.9. The van der Waals surface area contributed by atoms with Gasteiger partial charge in [0.1, 0.15) is 5.82 Å². The number of likely N-dealkylation sites (N-methyl/N-ethyl adjacent to an activating group) is 2. The molecule has 1 saturated heterocycles. The molecule has 9 heteroatoms. The minimum absolute atomic E-state index is 0.211. The molecule has 0 bridgehead atoms. The summed E-state index contributed by atoms with van der Waals surface area (Å²) >= 11 is 0. The monoisotopic (exact) mass is 414 g/mol. The third kappa shape index (κ3) is 6.42. The van der Waals surface area contributed by atoms with E-state index in [0.717, 1.165) is 38.3 Å². The summed E-state index contributed by atoms with van der Waals surface area (Å²) in [5, 5.41) is 0. The van der Waals surface area contributed by atoms with Crippen LogP contribution < -0.4 is 4.72 Å². The molecule has 28 heavy (non-hydrogen) atoms. The van der Waals surface area contributed by atoms with E-state index in [9.17, 15) is 17.6 Å². The topological polar surface area (TPSA) is 73.0 Å². The first-order valence-electron chi connectivity index (χ1n) is 9.56. The molecule has 1 amide bonds. The van der Waals surface area contributed by atoms with Crippen molar-refractivity contribution in [3.63, 3.8) is 0 Å². The Bertz CT molecular complexity index is 785. The average molecular weight is 415 g/mol. The molecule has 1 unspecified atom stereocenters. The number of sulfonamides is 1. The third-order valence-corrected chi connectivity index (χ3v) is 5.54. The number of nitrogens with zero attached hydrogens (tertiary/aromatic N) is 3. The van der Waals surface area contributed by atoms with E-state index in [4.69, 9.17) is 0 Å². The van der Waals surface area contributed by atoms with Crippen molar-refractivity contribution < 1.29 is 17.6 Å². The fourth-order valence-corrected chi connectivity index (χ4v) is 4.04. The number of halogens is 1. The number of hydrogen-bond acceptors (Lipinski definition) is 5. The Morgan fingerprint density at radius 3 is 2.64 bits per heavy atom. The molecule has 1 aromatic carbocycles. The van der Waals surface area contributed by atoms with Crippen molar-refractivity contribution in [1.82, 2.24) is 14.7 Å². The molecule has 1 aliphatic rings. The molecule has 1 heterocycles. The van der Waals surface area contributed by atoms with Crippen LogP contribution in [-0.4, -0.2) is 88.1 Å². The summed E-state index contributed by atoms with van der Waals surface area (Å²) in [4.78, 5) is 19.3. The molecule has 1 N–H and O–H groups in total. The fraction of sp³-hybridized carbons (Fsp3) is 0.632. The molecule has 1 fully saturated rings.